The van der Waals surface area contributed by atoms with Crippen molar-refractivity contribution in [3.63, 3.8) is 0 Å². The number of aromatic nitrogens is 2. The van der Waals surface area contributed by atoms with Crippen molar-refractivity contribution in [1.82, 2.24) is 25.1 Å². The van der Waals surface area contributed by atoms with Gasteiger partial charge in [-0.25, -0.2) is 14.4 Å². The second-order valence-corrected chi connectivity index (χ2v) is 8.67. The summed E-state index contributed by atoms with van der Waals surface area (Å²) >= 11 is 0. The maximum atomic E-state index is 13.0. The summed E-state index contributed by atoms with van der Waals surface area (Å²) in [6, 6.07) is 6.03. The molecule has 4 rings (SSSR count). The Morgan fingerprint density at radius 3 is 2.44 bits per heavy atom. The van der Waals surface area contributed by atoms with E-state index in [1.165, 1.54) is 25.0 Å². The first-order chi connectivity index (χ1) is 15.5. The number of piperidine rings is 1. The van der Waals surface area contributed by atoms with Gasteiger partial charge in [-0.3, -0.25) is 14.5 Å². The van der Waals surface area contributed by atoms with Crippen LogP contribution >= 0.6 is 0 Å². The van der Waals surface area contributed by atoms with Gasteiger partial charge in [-0.1, -0.05) is 12.1 Å². The van der Waals surface area contributed by atoms with Crippen LogP contribution in [0.4, 0.5) is 4.39 Å². The average Bonchev–Trinajstić information content (AvgIpc) is 3.31. The number of aryl methyl sites for hydroxylation is 1. The highest BCUT2D eigenvalue weighted by Crippen LogP contribution is 2.26. The highest BCUT2D eigenvalue weighted by atomic mass is 19.1. The van der Waals surface area contributed by atoms with Crippen molar-refractivity contribution in [3.05, 3.63) is 58.9 Å². The normalized spacial score (nSPS) is 17.5. The van der Waals surface area contributed by atoms with E-state index in [2.05, 4.69) is 20.2 Å². The lowest BCUT2D eigenvalue weighted by atomic mass is 9.95. The quantitative estimate of drug-likeness (QED) is 0.749. The number of nitrogens with one attached hydrogen (secondary N) is 1. The third-order valence-electron chi connectivity index (χ3n) is 6.38. The topological polar surface area (TPSA) is 78.4 Å². The summed E-state index contributed by atoms with van der Waals surface area (Å²) in [5.74, 6) is 0.600. The summed E-state index contributed by atoms with van der Waals surface area (Å²) in [7, 11) is 0. The van der Waals surface area contributed by atoms with Gasteiger partial charge in [0.1, 0.15) is 11.6 Å². The van der Waals surface area contributed by atoms with Crippen molar-refractivity contribution in [3.8, 4) is 0 Å². The number of hydrogen-bond acceptors (Lipinski definition) is 5. The van der Waals surface area contributed by atoms with Crippen LogP contribution in [-0.4, -0.2) is 64.3 Å². The molecule has 0 atom stereocenters. The van der Waals surface area contributed by atoms with E-state index in [1.54, 1.807) is 18.3 Å². The van der Waals surface area contributed by atoms with Crippen molar-refractivity contribution in [1.29, 1.82) is 0 Å². The first-order valence-corrected chi connectivity index (χ1v) is 11.4. The molecular weight excluding hydrogens is 409 g/mol. The standard InChI is InChI=1S/C24H30FN5O2/c1-17-21(24(32)27-14-18-4-6-20(25)7-5-18)15-26-23(28-17)19-8-12-30(13-9-19)22(31)16-29-10-2-3-11-29/h4-7,15,19H,2-3,8-14,16H2,1H3,(H,27,32). The first kappa shape index (κ1) is 22.3. The number of amides is 2. The van der Waals surface area contributed by atoms with E-state index >= 15 is 0 Å². The van der Waals surface area contributed by atoms with Crippen molar-refractivity contribution in [2.45, 2.75) is 45.1 Å². The van der Waals surface area contributed by atoms with Gasteiger partial charge in [-0.15, -0.1) is 0 Å². The Morgan fingerprint density at radius 1 is 1.09 bits per heavy atom. The summed E-state index contributed by atoms with van der Waals surface area (Å²) < 4.78 is 13.0. The number of carbonyl (C=O) groups excluding carboxylic acids is 2. The van der Waals surface area contributed by atoms with Gasteiger partial charge in [0.2, 0.25) is 5.91 Å². The highest BCUT2D eigenvalue weighted by Gasteiger charge is 2.27. The minimum absolute atomic E-state index is 0.195. The molecule has 2 fully saturated rings. The molecule has 7 nitrogen and oxygen atoms in total. The predicted octanol–water partition coefficient (Wildman–Crippen LogP) is 2.66. The van der Waals surface area contributed by atoms with E-state index in [1.807, 2.05) is 11.8 Å². The molecule has 0 aliphatic carbocycles. The molecule has 0 unspecified atom stereocenters. The Balaban J connectivity index is 1.29. The molecule has 1 aromatic heterocycles. The predicted molar refractivity (Wildman–Crippen MR) is 119 cm³/mol. The third kappa shape index (κ3) is 5.48. The van der Waals surface area contributed by atoms with Crippen LogP contribution < -0.4 is 5.32 Å². The maximum absolute atomic E-state index is 13.0. The van der Waals surface area contributed by atoms with Gasteiger partial charge in [0.05, 0.1) is 17.8 Å². The Kier molecular flexibility index (Phi) is 7.09. The van der Waals surface area contributed by atoms with Gasteiger partial charge in [-0.2, -0.15) is 0 Å². The molecule has 2 amide bonds. The first-order valence-electron chi connectivity index (χ1n) is 11.4. The summed E-state index contributed by atoms with van der Waals surface area (Å²) in [6.45, 7) is 6.15. The number of halogens is 1. The van der Waals surface area contributed by atoms with E-state index in [4.69, 9.17) is 0 Å². The molecule has 32 heavy (non-hydrogen) atoms. The highest BCUT2D eigenvalue weighted by molar-refractivity contribution is 5.94. The van der Waals surface area contributed by atoms with Crippen LogP contribution in [0.2, 0.25) is 0 Å². The van der Waals surface area contributed by atoms with Crippen molar-refractivity contribution in [2.75, 3.05) is 32.7 Å². The molecule has 0 saturated carbocycles. The van der Waals surface area contributed by atoms with Gasteiger partial charge in [0, 0.05) is 31.7 Å². The smallest absolute Gasteiger partial charge is 0.254 e. The number of rotatable bonds is 6. The van der Waals surface area contributed by atoms with Crippen LogP contribution in [0, 0.1) is 12.7 Å². The van der Waals surface area contributed by atoms with Crippen LogP contribution in [0.15, 0.2) is 30.5 Å². The van der Waals surface area contributed by atoms with Crippen molar-refractivity contribution in [2.24, 2.45) is 0 Å². The van der Waals surface area contributed by atoms with Gasteiger partial charge >= 0.3 is 0 Å². The summed E-state index contributed by atoms with van der Waals surface area (Å²) in [6.07, 6.45) is 5.63. The zero-order valence-corrected chi connectivity index (χ0v) is 18.5. The fourth-order valence-electron chi connectivity index (χ4n) is 4.40. The lowest BCUT2D eigenvalue weighted by molar-refractivity contribution is -0.133. The molecule has 2 aromatic rings. The molecule has 0 spiro atoms. The van der Waals surface area contributed by atoms with Crippen molar-refractivity contribution >= 4 is 11.8 Å². The zero-order valence-electron chi connectivity index (χ0n) is 18.5. The van der Waals surface area contributed by atoms with Gasteiger partial charge in [-0.05, 0) is 63.4 Å². The van der Waals surface area contributed by atoms with Crippen LogP contribution in [0.3, 0.4) is 0 Å². The molecular formula is C24H30FN5O2. The molecule has 2 aliphatic heterocycles. The van der Waals surface area contributed by atoms with Crippen LogP contribution in [0.25, 0.3) is 0 Å². The molecule has 2 aliphatic rings. The lowest BCUT2D eigenvalue weighted by Crippen LogP contribution is -2.43. The maximum Gasteiger partial charge on any atom is 0.254 e. The Hall–Kier alpha value is -2.87. The second-order valence-electron chi connectivity index (χ2n) is 8.67. The van der Waals surface area contributed by atoms with E-state index in [0.717, 1.165) is 50.4 Å². The van der Waals surface area contributed by atoms with E-state index < -0.39 is 0 Å². The summed E-state index contributed by atoms with van der Waals surface area (Å²) in [5.41, 5.74) is 1.90. The SMILES string of the molecule is Cc1nc(C2CCN(C(=O)CN3CCCC3)CC2)ncc1C(=O)NCc1ccc(F)cc1. The fraction of sp³-hybridized carbons (Fsp3) is 0.500. The van der Waals surface area contributed by atoms with Crippen LogP contribution in [0.5, 0.6) is 0 Å². The molecule has 0 bridgehead atoms. The number of carbonyl (C=O) groups is 2. The van der Waals surface area contributed by atoms with Gasteiger partial charge in [0.25, 0.3) is 5.91 Å². The Labute approximate surface area is 188 Å². The molecule has 8 heteroatoms. The summed E-state index contributed by atoms with van der Waals surface area (Å²) in [4.78, 5) is 38.4. The Morgan fingerprint density at radius 2 is 1.78 bits per heavy atom. The molecule has 0 radical (unpaired) electrons. The average molecular weight is 440 g/mol. The van der Waals surface area contributed by atoms with Crippen molar-refractivity contribution < 1.29 is 14.0 Å². The van der Waals surface area contributed by atoms with Crippen LogP contribution in [-0.2, 0) is 11.3 Å². The minimum atomic E-state index is -0.304. The largest absolute Gasteiger partial charge is 0.348 e. The fourth-order valence-corrected chi connectivity index (χ4v) is 4.40. The molecule has 1 N–H and O–H groups in total. The lowest BCUT2D eigenvalue weighted by Gasteiger charge is -2.32. The summed E-state index contributed by atoms with van der Waals surface area (Å²) in [5, 5.41) is 2.83. The molecule has 170 valence electrons. The molecule has 2 saturated heterocycles. The number of nitrogens with zero attached hydrogens (tertiary/aromatic N) is 4. The number of hydrogen-bond donors (Lipinski definition) is 1. The zero-order chi connectivity index (χ0) is 22.5. The third-order valence-corrected chi connectivity index (χ3v) is 6.38. The van der Waals surface area contributed by atoms with E-state index in [0.29, 0.717) is 24.3 Å². The van der Waals surface area contributed by atoms with Gasteiger partial charge in [0.15, 0.2) is 0 Å². The second kappa shape index (κ2) is 10.2. The van der Waals surface area contributed by atoms with Crippen LogP contribution in [0.1, 0.15) is 59.0 Å². The minimum Gasteiger partial charge on any atom is -0.348 e. The van der Waals surface area contributed by atoms with Gasteiger partial charge < -0.3 is 10.2 Å². The monoisotopic (exact) mass is 439 g/mol. The number of likely N-dealkylation sites (tertiary alicyclic amines) is 2. The van der Waals surface area contributed by atoms with E-state index in [-0.39, 0.29) is 23.5 Å². The Bertz CT molecular complexity index is 951. The number of benzene rings is 1. The molecule has 1 aromatic carbocycles. The molecule has 3 heterocycles. The van der Waals surface area contributed by atoms with E-state index in [9.17, 15) is 14.0 Å².